The van der Waals surface area contributed by atoms with Crippen LogP contribution in [0.15, 0.2) is 4.42 Å². The van der Waals surface area contributed by atoms with E-state index in [2.05, 4.69) is 4.98 Å². The van der Waals surface area contributed by atoms with Gasteiger partial charge in [0.1, 0.15) is 11.3 Å². The SMILES string of the molecule is COc1c(C)c(C)c2nc(C)oc2c1C. The van der Waals surface area contributed by atoms with Crippen LogP contribution in [0.25, 0.3) is 11.1 Å². The smallest absolute Gasteiger partial charge is 0.192 e. The molecule has 0 aliphatic rings. The summed E-state index contributed by atoms with van der Waals surface area (Å²) in [6.07, 6.45) is 0. The topological polar surface area (TPSA) is 35.3 Å². The van der Waals surface area contributed by atoms with Crippen LogP contribution < -0.4 is 4.74 Å². The molecule has 2 rings (SSSR count). The van der Waals surface area contributed by atoms with Gasteiger partial charge in [0.15, 0.2) is 11.5 Å². The van der Waals surface area contributed by atoms with Gasteiger partial charge in [-0.25, -0.2) is 4.98 Å². The molecule has 1 aromatic heterocycles. The molecule has 0 amide bonds. The van der Waals surface area contributed by atoms with E-state index in [0.717, 1.165) is 33.5 Å². The van der Waals surface area contributed by atoms with Gasteiger partial charge in [-0.3, -0.25) is 0 Å². The molecule has 0 aliphatic carbocycles. The first-order valence-electron chi connectivity index (χ1n) is 4.97. The average Bonchev–Trinajstić information content (AvgIpc) is 2.58. The van der Waals surface area contributed by atoms with E-state index in [9.17, 15) is 0 Å². The van der Waals surface area contributed by atoms with Gasteiger partial charge in [0.25, 0.3) is 0 Å². The molecule has 0 saturated heterocycles. The predicted octanol–water partition coefficient (Wildman–Crippen LogP) is 3.07. The van der Waals surface area contributed by atoms with E-state index in [0.29, 0.717) is 5.89 Å². The van der Waals surface area contributed by atoms with Crippen molar-refractivity contribution in [3.8, 4) is 5.75 Å². The Morgan fingerprint density at radius 1 is 1.00 bits per heavy atom. The number of oxazole rings is 1. The Kier molecular flexibility index (Phi) is 2.18. The molecule has 0 aliphatic heterocycles. The van der Waals surface area contributed by atoms with Crippen LogP contribution in [0.1, 0.15) is 22.6 Å². The molecule has 0 unspecified atom stereocenters. The first kappa shape index (κ1) is 10.0. The molecule has 3 heteroatoms. The fourth-order valence-electron chi connectivity index (χ4n) is 1.97. The van der Waals surface area contributed by atoms with Crippen molar-refractivity contribution in [1.82, 2.24) is 4.98 Å². The summed E-state index contributed by atoms with van der Waals surface area (Å²) in [4.78, 5) is 4.39. The fourth-order valence-corrected chi connectivity index (χ4v) is 1.97. The van der Waals surface area contributed by atoms with Gasteiger partial charge in [-0.1, -0.05) is 0 Å². The number of fused-ring (bicyclic) bond motifs is 1. The summed E-state index contributed by atoms with van der Waals surface area (Å²) in [5.74, 6) is 1.60. The van der Waals surface area contributed by atoms with Gasteiger partial charge in [0, 0.05) is 12.5 Å². The highest BCUT2D eigenvalue weighted by atomic mass is 16.5. The zero-order valence-electron chi connectivity index (χ0n) is 9.76. The first-order chi connectivity index (χ1) is 7.06. The zero-order valence-corrected chi connectivity index (χ0v) is 9.76. The number of methoxy groups -OCH3 is 1. The Morgan fingerprint density at radius 2 is 1.67 bits per heavy atom. The molecule has 0 spiro atoms. The van der Waals surface area contributed by atoms with Crippen molar-refractivity contribution in [2.45, 2.75) is 27.7 Å². The summed E-state index contributed by atoms with van der Waals surface area (Å²) in [5.41, 5.74) is 5.08. The summed E-state index contributed by atoms with van der Waals surface area (Å²) in [5, 5.41) is 0. The van der Waals surface area contributed by atoms with Crippen LogP contribution >= 0.6 is 0 Å². The summed E-state index contributed by atoms with van der Waals surface area (Å²) < 4.78 is 11.0. The number of hydrogen-bond donors (Lipinski definition) is 0. The van der Waals surface area contributed by atoms with Crippen LogP contribution in [0.5, 0.6) is 5.75 Å². The molecule has 0 atom stereocenters. The van der Waals surface area contributed by atoms with Crippen LogP contribution in [0.3, 0.4) is 0 Å². The summed E-state index contributed by atoms with van der Waals surface area (Å²) >= 11 is 0. The highest BCUT2D eigenvalue weighted by molar-refractivity contribution is 5.84. The van der Waals surface area contributed by atoms with E-state index >= 15 is 0 Å². The van der Waals surface area contributed by atoms with Crippen LogP contribution in [0.4, 0.5) is 0 Å². The second-order valence-electron chi connectivity index (χ2n) is 3.82. The summed E-state index contributed by atoms with van der Waals surface area (Å²) in [6, 6.07) is 0. The zero-order chi connectivity index (χ0) is 11.2. The van der Waals surface area contributed by atoms with Crippen molar-refractivity contribution in [3.05, 3.63) is 22.6 Å². The van der Waals surface area contributed by atoms with Gasteiger partial charge in [-0.15, -0.1) is 0 Å². The van der Waals surface area contributed by atoms with Crippen molar-refractivity contribution in [3.63, 3.8) is 0 Å². The van der Waals surface area contributed by atoms with E-state index in [4.69, 9.17) is 9.15 Å². The minimum absolute atomic E-state index is 0.698. The number of rotatable bonds is 1. The number of aryl methyl sites for hydroxylation is 3. The van der Waals surface area contributed by atoms with Crippen LogP contribution in [0.2, 0.25) is 0 Å². The molecular formula is C12H15NO2. The highest BCUT2D eigenvalue weighted by Crippen LogP contribution is 2.34. The lowest BCUT2D eigenvalue weighted by molar-refractivity contribution is 0.407. The molecule has 0 N–H and O–H groups in total. The van der Waals surface area contributed by atoms with Gasteiger partial charge >= 0.3 is 0 Å². The Balaban J connectivity index is 2.94. The number of benzene rings is 1. The number of ether oxygens (including phenoxy) is 1. The number of aromatic nitrogens is 1. The van der Waals surface area contributed by atoms with Gasteiger partial charge in [-0.05, 0) is 31.9 Å². The lowest BCUT2D eigenvalue weighted by atomic mass is 10.0. The maximum Gasteiger partial charge on any atom is 0.192 e. The van der Waals surface area contributed by atoms with Gasteiger partial charge < -0.3 is 9.15 Å². The maximum atomic E-state index is 5.59. The normalized spacial score (nSPS) is 11.0. The highest BCUT2D eigenvalue weighted by Gasteiger charge is 2.16. The van der Waals surface area contributed by atoms with E-state index in [-0.39, 0.29) is 0 Å². The number of nitrogens with zero attached hydrogens (tertiary/aromatic N) is 1. The van der Waals surface area contributed by atoms with Crippen molar-refractivity contribution < 1.29 is 9.15 Å². The monoisotopic (exact) mass is 205 g/mol. The van der Waals surface area contributed by atoms with E-state index in [1.165, 1.54) is 0 Å². The van der Waals surface area contributed by atoms with Crippen LogP contribution in [0, 0.1) is 27.7 Å². The third kappa shape index (κ3) is 1.30. The Labute approximate surface area is 89.1 Å². The van der Waals surface area contributed by atoms with Gasteiger partial charge in [0.2, 0.25) is 0 Å². The minimum Gasteiger partial charge on any atom is -0.496 e. The second kappa shape index (κ2) is 3.26. The van der Waals surface area contributed by atoms with Crippen molar-refractivity contribution >= 4 is 11.1 Å². The van der Waals surface area contributed by atoms with E-state index in [1.807, 2.05) is 27.7 Å². The lowest BCUT2D eigenvalue weighted by Crippen LogP contribution is -1.95. The lowest BCUT2D eigenvalue weighted by Gasteiger charge is -2.10. The molecule has 1 heterocycles. The van der Waals surface area contributed by atoms with Crippen molar-refractivity contribution in [1.29, 1.82) is 0 Å². The number of hydrogen-bond acceptors (Lipinski definition) is 3. The van der Waals surface area contributed by atoms with Crippen molar-refractivity contribution in [2.75, 3.05) is 7.11 Å². The Morgan fingerprint density at radius 3 is 2.27 bits per heavy atom. The molecule has 3 nitrogen and oxygen atoms in total. The maximum absolute atomic E-state index is 5.59. The quantitative estimate of drug-likeness (QED) is 0.717. The molecule has 80 valence electrons. The van der Waals surface area contributed by atoms with Crippen LogP contribution in [-0.4, -0.2) is 12.1 Å². The van der Waals surface area contributed by atoms with Crippen LogP contribution in [-0.2, 0) is 0 Å². The summed E-state index contributed by atoms with van der Waals surface area (Å²) in [7, 11) is 1.68. The molecule has 15 heavy (non-hydrogen) atoms. The first-order valence-corrected chi connectivity index (χ1v) is 4.97. The largest absolute Gasteiger partial charge is 0.496 e. The average molecular weight is 205 g/mol. The molecule has 0 bridgehead atoms. The molecule has 1 aromatic carbocycles. The third-order valence-electron chi connectivity index (χ3n) is 2.88. The third-order valence-corrected chi connectivity index (χ3v) is 2.88. The molecule has 2 aromatic rings. The molecule has 0 saturated carbocycles. The minimum atomic E-state index is 0.698. The van der Waals surface area contributed by atoms with E-state index < -0.39 is 0 Å². The Hall–Kier alpha value is -1.51. The second-order valence-corrected chi connectivity index (χ2v) is 3.82. The summed E-state index contributed by atoms with van der Waals surface area (Å²) in [6.45, 7) is 7.95. The van der Waals surface area contributed by atoms with Gasteiger partial charge in [-0.2, -0.15) is 0 Å². The van der Waals surface area contributed by atoms with Crippen molar-refractivity contribution in [2.24, 2.45) is 0 Å². The predicted molar refractivity (Wildman–Crippen MR) is 59.5 cm³/mol. The van der Waals surface area contributed by atoms with E-state index in [1.54, 1.807) is 7.11 Å². The molecule has 0 fully saturated rings. The molecular weight excluding hydrogens is 190 g/mol. The Bertz CT molecular complexity index is 526. The fraction of sp³-hybridized carbons (Fsp3) is 0.417. The van der Waals surface area contributed by atoms with Gasteiger partial charge in [0.05, 0.1) is 7.11 Å². The molecule has 0 radical (unpaired) electrons. The standard InChI is InChI=1S/C12H15NO2/c1-6-7(2)11(14-5)8(3)12-10(6)13-9(4)15-12/h1-5H3.